The maximum atomic E-state index is 6.70. The Balaban J connectivity index is 0.998. The Labute approximate surface area is 327 Å². The smallest absolute Gasteiger partial charge is 0.160 e. The molecule has 11 aromatic rings. The first kappa shape index (κ1) is 32.3. The lowest BCUT2D eigenvalue weighted by Gasteiger charge is -2.11. The molecule has 3 nitrogen and oxygen atoms in total. The number of thiophene rings is 1. The van der Waals surface area contributed by atoms with Crippen molar-refractivity contribution >= 4 is 53.4 Å². The third kappa shape index (κ3) is 5.58. The van der Waals surface area contributed by atoms with E-state index in [4.69, 9.17) is 14.4 Å². The highest BCUT2D eigenvalue weighted by atomic mass is 32.1. The molecular weight excluding hydrogens is 701 g/mol. The average Bonchev–Trinajstić information content (AvgIpc) is 3.85. The normalized spacial score (nSPS) is 11.6. The number of nitrogens with zero attached hydrogens (tertiary/aromatic N) is 2. The summed E-state index contributed by atoms with van der Waals surface area (Å²) < 4.78 is 9.30. The van der Waals surface area contributed by atoms with Gasteiger partial charge < -0.3 is 4.42 Å². The van der Waals surface area contributed by atoms with E-state index in [1.165, 1.54) is 42.4 Å². The van der Waals surface area contributed by atoms with E-state index in [9.17, 15) is 0 Å². The number of para-hydroxylation sites is 1. The molecule has 0 radical (unpaired) electrons. The highest BCUT2D eigenvalue weighted by Crippen LogP contribution is 2.44. The van der Waals surface area contributed by atoms with Crippen molar-refractivity contribution in [1.82, 2.24) is 9.97 Å². The number of hydrogen-bond acceptors (Lipinski definition) is 4. The van der Waals surface area contributed by atoms with Crippen molar-refractivity contribution in [1.29, 1.82) is 0 Å². The third-order valence-electron chi connectivity index (χ3n) is 10.8. The van der Waals surface area contributed by atoms with Gasteiger partial charge in [-0.2, -0.15) is 0 Å². The van der Waals surface area contributed by atoms with E-state index in [0.717, 1.165) is 61.1 Å². The Bertz CT molecular complexity index is 3220. The molecule has 8 aromatic carbocycles. The van der Waals surface area contributed by atoms with Gasteiger partial charge in [-0.1, -0.05) is 164 Å². The monoisotopic (exact) mass is 732 g/mol. The van der Waals surface area contributed by atoms with Crippen LogP contribution in [0.4, 0.5) is 0 Å². The van der Waals surface area contributed by atoms with Crippen LogP contribution in [0.15, 0.2) is 199 Å². The number of benzene rings is 8. The molecule has 0 bridgehead atoms. The molecule has 262 valence electrons. The molecule has 0 unspecified atom stereocenters. The molecule has 0 aliphatic carbocycles. The van der Waals surface area contributed by atoms with Gasteiger partial charge in [0.25, 0.3) is 0 Å². The Kier molecular flexibility index (Phi) is 7.68. The molecule has 0 atom stereocenters. The molecule has 56 heavy (non-hydrogen) atoms. The fourth-order valence-corrected chi connectivity index (χ4v) is 9.08. The number of aromatic nitrogens is 2. The predicted molar refractivity (Wildman–Crippen MR) is 235 cm³/mol. The highest BCUT2D eigenvalue weighted by Gasteiger charge is 2.19. The number of hydrogen-bond donors (Lipinski definition) is 0. The molecule has 0 N–H and O–H groups in total. The van der Waals surface area contributed by atoms with Crippen LogP contribution in [0.3, 0.4) is 0 Å². The van der Waals surface area contributed by atoms with E-state index in [2.05, 4.69) is 164 Å². The molecule has 3 heterocycles. The molecule has 0 fully saturated rings. The maximum Gasteiger partial charge on any atom is 0.160 e. The summed E-state index contributed by atoms with van der Waals surface area (Å²) in [6, 6.07) is 68.4. The minimum absolute atomic E-state index is 0.697. The molecule has 4 heteroatoms. The van der Waals surface area contributed by atoms with E-state index < -0.39 is 0 Å². The fourth-order valence-electron chi connectivity index (χ4n) is 7.93. The van der Waals surface area contributed by atoms with Crippen LogP contribution in [0, 0.1) is 0 Å². The van der Waals surface area contributed by atoms with Gasteiger partial charge in [0.05, 0.1) is 11.4 Å². The lowest BCUT2D eigenvalue weighted by molar-refractivity contribution is 0.670. The molecule has 0 amide bonds. The van der Waals surface area contributed by atoms with E-state index in [0.29, 0.717) is 5.82 Å². The number of furan rings is 1. The second kappa shape index (κ2) is 13.3. The van der Waals surface area contributed by atoms with Crippen molar-refractivity contribution < 1.29 is 4.42 Å². The van der Waals surface area contributed by atoms with Crippen LogP contribution in [0.1, 0.15) is 0 Å². The summed E-state index contributed by atoms with van der Waals surface area (Å²) >= 11 is 1.85. The standard InChI is InChI=1S/C52H32N2OS/c1-3-11-33(12-4-1)34-19-23-36(24-20-34)45-32-46(54-52(53-45)38-13-5-2-6-14-38)37-25-21-35(22-26-37)41-30-29-40(50-44-16-7-9-17-47(44)55-51(41)50)39-27-28-43-42-15-8-10-18-48(42)56-49(43)31-39/h1-32H. The van der Waals surface area contributed by atoms with Gasteiger partial charge in [0.2, 0.25) is 0 Å². The van der Waals surface area contributed by atoms with Gasteiger partial charge in [-0.25, -0.2) is 9.97 Å². The number of rotatable bonds is 6. The largest absolute Gasteiger partial charge is 0.455 e. The summed E-state index contributed by atoms with van der Waals surface area (Å²) in [7, 11) is 0. The Morgan fingerprint density at radius 3 is 1.62 bits per heavy atom. The van der Waals surface area contributed by atoms with E-state index in [-0.39, 0.29) is 0 Å². The van der Waals surface area contributed by atoms with E-state index in [1.807, 2.05) is 41.7 Å². The van der Waals surface area contributed by atoms with Crippen LogP contribution in [0.25, 0.3) is 109 Å². The molecule has 0 aliphatic heterocycles. The maximum absolute atomic E-state index is 6.70. The third-order valence-corrected chi connectivity index (χ3v) is 11.9. The number of fused-ring (bicyclic) bond motifs is 6. The molecule has 0 saturated carbocycles. The first-order valence-corrected chi connectivity index (χ1v) is 19.6. The van der Waals surface area contributed by atoms with Gasteiger partial charge in [-0.3, -0.25) is 0 Å². The summed E-state index contributed by atoms with van der Waals surface area (Å²) in [5.41, 5.74) is 13.4. The summed E-state index contributed by atoms with van der Waals surface area (Å²) in [6.45, 7) is 0. The second-order valence-electron chi connectivity index (χ2n) is 14.1. The van der Waals surface area contributed by atoms with Crippen molar-refractivity contribution in [3.8, 4) is 67.3 Å². The van der Waals surface area contributed by atoms with Gasteiger partial charge in [-0.15, -0.1) is 11.3 Å². The van der Waals surface area contributed by atoms with Crippen LogP contribution in [0.5, 0.6) is 0 Å². The minimum Gasteiger partial charge on any atom is -0.455 e. The molecule has 0 spiro atoms. The molecule has 11 rings (SSSR count). The van der Waals surface area contributed by atoms with Crippen molar-refractivity contribution in [2.45, 2.75) is 0 Å². The van der Waals surface area contributed by atoms with E-state index in [1.54, 1.807) is 0 Å². The predicted octanol–water partition coefficient (Wildman–Crippen LogP) is 14.7. The SMILES string of the molecule is c1ccc(-c2ccc(-c3cc(-c4ccc(-c5ccc(-c6ccc7c(c6)sc6ccccc67)c6c5oc5ccccc56)cc4)nc(-c4ccccc4)n3)cc2)cc1. The Morgan fingerprint density at radius 1 is 0.357 bits per heavy atom. The Hall–Kier alpha value is -7.14. The quantitative estimate of drug-likeness (QED) is 0.171. The van der Waals surface area contributed by atoms with Crippen molar-refractivity contribution in [2.24, 2.45) is 0 Å². The van der Waals surface area contributed by atoms with Crippen molar-refractivity contribution in [3.05, 3.63) is 194 Å². The zero-order valence-corrected chi connectivity index (χ0v) is 31.0. The highest BCUT2D eigenvalue weighted by molar-refractivity contribution is 7.25. The summed E-state index contributed by atoms with van der Waals surface area (Å²) in [4.78, 5) is 10.2. The van der Waals surface area contributed by atoms with E-state index >= 15 is 0 Å². The van der Waals surface area contributed by atoms with Crippen LogP contribution in [-0.4, -0.2) is 9.97 Å². The molecule has 0 saturated heterocycles. The molecule has 3 aromatic heterocycles. The lowest BCUT2D eigenvalue weighted by Crippen LogP contribution is -1.96. The average molecular weight is 733 g/mol. The zero-order valence-electron chi connectivity index (χ0n) is 30.2. The fraction of sp³-hybridized carbons (Fsp3) is 0. The molecule has 0 aliphatic rings. The van der Waals surface area contributed by atoms with Crippen LogP contribution >= 0.6 is 11.3 Å². The molecular formula is C52H32N2OS. The van der Waals surface area contributed by atoms with Crippen LogP contribution in [-0.2, 0) is 0 Å². The van der Waals surface area contributed by atoms with Gasteiger partial charge in [0.15, 0.2) is 5.82 Å². The lowest BCUT2D eigenvalue weighted by atomic mass is 9.94. The second-order valence-corrected chi connectivity index (χ2v) is 15.2. The van der Waals surface area contributed by atoms with Crippen molar-refractivity contribution in [3.63, 3.8) is 0 Å². The summed E-state index contributed by atoms with van der Waals surface area (Å²) in [5, 5.41) is 4.86. The first-order chi connectivity index (χ1) is 27.7. The topological polar surface area (TPSA) is 38.9 Å². The summed E-state index contributed by atoms with van der Waals surface area (Å²) in [5.74, 6) is 0.697. The van der Waals surface area contributed by atoms with Gasteiger partial charge >= 0.3 is 0 Å². The first-order valence-electron chi connectivity index (χ1n) is 18.8. The van der Waals surface area contributed by atoms with Gasteiger partial charge in [-0.05, 0) is 58.1 Å². The van der Waals surface area contributed by atoms with Crippen LogP contribution < -0.4 is 0 Å². The van der Waals surface area contributed by atoms with Gasteiger partial charge in [0, 0.05) is 53.2 Å². The summed E-state index contributed by atoms with van der Waals surface area (Å²) in [6.07, 6.45) is 0. The van der Waals surface area contributed by atoms with Crippen LogP contribution in [0.2, 0.25) is 0 Å². The minimum atomic E-state index is 0.697. The van der Waals surface area contributed by atoms with Gasteiger partial charge in [0.1, 0.15) is 11.2 Å². The van der Waals surface area contributed by atoms with Crippen molar-refractivity contribution in [2.75, 3.05) is 0 Å². The Morgan fingerprint density at radius 2 is 0.893 bits per heavy atom. The zero-order chi connectivity index (χ0) is 37.0.